The van der Waals surface area contributed by atoms with Crippen molar-refractivity contribution >= 4 is 41.6 Å². The fourth-order valence-corrected chi connectivity index (χ4v) is 2.89. The Morgan fingerprint density at radius 3 is 2.60 bits per heavy atom. The minimum absolute atomic E-state index is 0. The molecule has 2 atom stereocenters. The Balaban J connectivity index is 0.00000200. The Morgan fingerprint density at radius 2 is 1.95 bits per heavy atom. The molecular weight excluding hydrogens is 321 g/mol. The average molecular weight is 339 g/mol. The zero-order valence-corrected chi connectivity index (χ0v) is 13.3. The Morgan fingerprint density at radius 1 is 1.25 bits per heavy atom. The molecular formula is C14H18Cl3NO2. The van der Waals surface area contributed by atoms with Crippen molar-refractivity contribution in [1.82, 2.24) is 5.32 Å². The van der Waals surface area contributed by atoms with Crippen LogP contribution >= 0.6 is 35.6 Å². The van der Waals surface area contributed by atoms with Crippen molar-refractivity contribution in [1.29, 1.82) is 0 Å². The highest BCUT2D eigenvalue weighted by atomic mass is 35.5. The number of halogens is 3. The first kappa shape index (κ1) is 17.6. The van der Waals surface area contributed by atoms with E-state index in [4.69, 9.17) is 23.2 Å². The fraction of sp³-hybridized carbons (Fsp3) is 0.500. The summed E-state index contributed by atoms with van der Waals surface area (Å²) >= 11 is 11.8. The number of benzene rings is 1. The molecule has 1 aromatic rings. The van der Waals surface area contributed by atoms with Gasteiger partial charge in [-0.3, -0.25) is 4.79 Å². The van der Waals surface area contributed by atoms with Crippen LogP contribution in [0, 0.1) is 5.92 Å². The third kappa shape index (κ3) is 4.52. The van der Waals surface area contributed by atoms with Crippen LogP contribution in [0.15, 0.2) is 18.2 Å². The first-order chi connectivity index (χ1) is 9.08. The lowest BCUT2D eigenvalue weighted by atomic mass is 9.84. The van der Waals surface area contributed by atoms with Crippen LogP contribution in [0.3, 0.4) is 0 Å². The van der Waals surface area contributed by atoms with Crippen molar-refractivity contribution in [3.05, 3.63) is 33.8 Å². The Hall–Kier alpha value is -0.480. The van der Waals surface area contributed by atoms with Crippen molar-refractivity contribution in [2.75, 3.05) is 0 Å². The number of hydrogen-bond acceptors (Lipinski definition) is 2. The van der Waals surface area contributed by atoms with Gasteiger partial charge in [0.15, 0.2) is 0 Å². The van der Waals surface area contributed by atoms with E-state index in [1.807, 2.05) is 12.1 Å². The van der Waals surface area contributed by atoms with E-state index in [1.54, 1.807) is 6.07 Å². The molecule has 1 aliphatic rings. The predicted molar refractivity (Wildman–Crippen MR) is 83.9 cm³/mol. The highest BCUT2D eigenvalue weighted by molar-refractivity contribution is 6.42. The zero-order chi connectivity index (χ0) is 13.8. The molecule has 0 radical (unpaired) electrons. The molecule has 1 aliphatic carbocycles. The summed E-state index contributed by atoms with van der Waals surface area (Å²) in [5.74, 6) is -0.983. The van der Waals surface area contributed by atoms with Crippen LogP contribution in [0.4, 0.5) is 0 Å². The lowest BCUT2D eigenvalue weighted by Gasteiger charge is -2.29. The molecule has 2 rings (SSSR count). The van der Waals surface area contributed by atoms with Gasteiger partial charge in [-0.05, 0) is 30.5 Å². The molecule has 0 bridgehead atoms. The van der Waals surface area contributed by atoms with Gasteiger partial charge in [-0.15, -0.1) is 12.4 Å². The SMILES string of the molecule is Cl.O=C(O)C1CCCCC1NCc1ccc(Cl)c(Cl)c1. The molecule has 2 N–H and O–H groups in total. The number of rotatable bonds is 4. The van der Waals surface area contributed by atoms with Gasteiger partial charge >= 0.3 is 5.97 Å². The highest BCUT2D eigenvalue weighted by Gasteiger charge is 2.30. The number of carbonyl (C=O) groups is 1. The Kier molecular flexibility index (Phi) is 7.10. The van der Waals surface area contributed by atoms with Crippen LogP contribution in [-0.4, -0.2) is 17.1 Å². The molecule has 1 aromatic carbocycles. The van der Waals surface area contributed by atoms with Gasteiger partial charge in [-0.25, -0.2) is 0 Å². The minimum atomic E-state index is -0.702. The topological polar surface area (TPSA) is 49.3 Å². The summed E-state index contributed by atoms with van der Waals surface area (Å²) in [6, 6.07) is 5.52. The van der Waals surface area contributed by atoms with Crippen LogP contribution in [-0.2, 0) is 11.3 Å². The fourth-order valence-electron chi connectivity index (χ4n) is 2.57. The van der Waals surface area contributed by atoms with Crippen molar-refractivity contribution in [2.45, 2.75) is 38.3 Å². The molecule has 0 aromatic heterocycles. The van der Waals surface area contributed by atoms with Crippen LogP contribution in [0.2, 0.25) is 10.0 Å². The first-order valence-corrected chi connectivity index (χ1v) is 7.23. The molecule has 6 heteroatoms. The molecule has 2 unspecified atom stereocenters. The highest BCUT2D eigenvalue weighted by Crippen LogP contribution is 2.26. The quantitative estimate of drug-likeness (QED) is 0.867. The molecule has 112 valence electrons. The monoisotopic (exact) mass is 337 g/mol. The van der Waals surface area contributed by atoms with E-state index in [-0.39, 0.29) is 24.4 Å². The molecule has 0 aliphatic heterocycles. The van der Waals surface area contributed by atoms with Crippen molar-refractivity contribution in [3.63, 3.8) is 0 Å². The molecule has 0 amide bonds. The molecule has 0 saturated heterocycles. The number of carboxylic acid groups (broad SMARTS) is 1. The van der Waals surface area contributed by atoms with E-state index in [0.717, 1.165) is 31.2 Å². The van der Waals surface area contributed by atoms with Crippen LogP contribution < -0.4 is 5.32 Å². The van der Waals surface area contributed by atoms with E-state index in [0.29, 0.717) is 16.6 Å². The summed E-state index contributed by atoms with van der Waals surface area (Å²) in [6.07, 6.45) is 3.76. The third-order valence-corrected chi connectivity index (χ3v) is 4.37. The van der Waals surface area contributed by atoms with E-state index in [2.05, 4.69) is 5.32 Å². The largest absolute Gasteiger partial charge is 0.481 e. The van der Waals surface area contributed by atoms with E-state index >= 15 is 0 Å². The van der Waals surface area contributed by atoms with Crippen LogP contribution in [0.25, 0.3) is 0 Å². The smallest absolute Gasteiger partial charge is 0.308 e. The number of aliphatic carboxylic acids is 1. The van der Waals surface area contributed by atoms with E-state index < -0.39 is 5.97 Å². The van der Waals surface area contributed by atoms with Gasteiger partial charge in [0, 0.05) is 12.6 Å². The first-order valence-electron chi connectivity index (χ1n) is 6.48. The lowest BCUT2D eigenvalue weighted by Crippen LogP contribution is -2.41. The van der Waals surface area contributed by atoms with Crippen molar-refractivity contribution < 1.29 is 9.90 Å². The summed E-state index contributed by atoms with van der Waals surface area (Å²) < 4.78 is 0. The maximum Gasteiger partial charge on any atom is 0.308 e. The molecule has 0 heterocycles. The number of hydrogen-bond donors (Lipinski definition) is 2. The molecule has 0 spiro atoms. The molecule has 3 nitrogen and oxygen atoms in total. The van der Waals surface area contributed by atoms with Gasteiger partial charge in [-0.2, -0.15) is 0 Å². The average Bonchev–Trinajstić information content (AvgIpc) is 2.40. The lowest BCUT2D eigenvalue weighted by molar-refractivity contribution is -0.143. The second-order valence-corrected chi connectivity index (χ2v) is 5.78. The van der Waals surface area contributed by atoms with Gasteiger partial charge < -0.3 is 10.4 Å². The number of nitrogens with one attached hydrogen (secondary N) is 1. The summed E-state index contributed by atoms with van der Waals surface area (Å²) in [5, 5.41) is 13.6. The van der Waals surface area contributed by atoms with Gasteiger partial charge in [0.1, 0.15) is 0 Å². The molecule has 1 fully saturated rings. The van der Waals surface area contributed by atoms with E-state index in [9.17, 15) is 9.90 Å². The molecule has 20 heavy (non-hydrogen) atoms. The van der Waals surface area contributed by atoms with E-state index in [1.165, 1.54) is 0 Å². The second kappa shape index (κ2) is 8.08. The van der Waals surface area contributed by atoms with Crippen molar-refractivity contribution in [3.8, 4) is 0 Å². The third-order valence-electron chi connectivity index (χ3n) is 3.64. The van der Waals surface area contributed by atoms with Crippen molar-refractivity contribution in [2.24, 2.45) is 5.92 Å². The summed E-state index contributed by atoms with van der Waals surface area (Å²) in [5.41, 5.74) is 1.02. The molecule has 1 saturated carbocycles. The Bertz CT molecular complexity index is 468. The van der Waals surface area contributed by atoms with Gasteiger partial charge in [0.05, 0.1) is 16.0 Å². The second-order valence-electron chi connectivity index (χ2n) is 4.97. The zero-order valence-electron chi connectivity index (χ0n) is 10.9. The predicted octanol–water partition coefficient (Wildman–Crippen LogP) is 4.15. The van der Waals surface area contributed by atoms with Gasteiger partial charge in [0.2, 0.25) is 0 Å². The standard InChI is InChI=1S/C14H17Cl2NO2.ClH/c15-11-6-5-9(7-12(11)16)8-17-13-4-2-1-3-10(13)14(18)19;/h5-7,10,13,17H,1-4,8H2,(H,18,19);1H. The normalized spacial score (nSPS) is 22.1. The van der Waals surface area contributed by atoms with Crippen LogP contribution in [0.1, 0.15) is 31.2 Å². The minimum Gasteiger partial charge on any atom is -0.481 e. The van der Waals surface area contributed by atoms with Crippen LogP contribution in [0.5, 0.6) is 0 Å². The maximum atomic E-state index is 11.2. The maximum absolute atomic E-state index is 11.2. The summed E-state index contributed by atoms with van der Waals surface area (Å²) in [7, 11) is 0. The van der Waals surface area contributed by atoms with Gasteiger partial charge in [0.25, 0.3) is 0 Å². The Labute approximate surface area is 135 Å². The summed E-state index contributed by atoms with van der Waals surface area (Å²) in [6.45, 7) is 0.616. The number of carboxylic acids is 1. The van der Waals surface area contributed by atoms with Gasteiger partial charge in [-0.1, -0.05) is 42.1 Å². The summed E-state index contributed by atoms with van der Waals surface area (Å²) in [4.78, 5) is 11.2.